The molecule has 0 aliphatic heterocycles. The normalized spacial score (nSPS) is 7.33. The third kappa shape index (κ3) is 17.6. The number of halogens is 2. The van der Waals surface area contributed by atoms with Crippen molar-refractivity contribution < 1.29 is 0 Å². The summed E-state index contributed by atoms with van der Waals surface area (Å²) in [5, 5.41) is 0. The van der Waals surface area contributed by atoms with E-state index in [2.05, 4.69) is 0 Å². The van der Waals surface area contributed by atoms with Crippen LogP contribution < -0.4 is 5.73 Å². The monoisotopic (exact) mass is 278 g/mol. The molecular weight excluding hydrogens is 264 g/mol. The van der Waals surface area contributed by atoms with Gasteiger partial charge in [-0.2, -0.15) is 0 Å². The molecule has 57 valence electrons. The van der Waals surface area contributed by atoms with Gasteiger partial charge in [-0.3, -0.25) is 0 Å². The van der Waals surface area contributed by atoms with Crippen molar-refractivity contribution in [3.63, 3.8) is 0 Å². The van der Waals surface area contributed by atoms with Crippen molar-refractivity contribution in [1.29, 1.82) is 0 Å². The summed E-state index contributed by atoms with van der Waals surface area (Å²) in [5.74, 6) is 0. The first-order valence-corrected chi connectivity index (χ1v) is 4.78. The quantitative estimate of drug-likeness (QED) is 0.612. The molecule has 9 heavy (non-hydrogen) atoms. The Bertz CT molecular complexity index is 34.1. The molecule has 0 bridgehead atoms. The second-order valence-electron chi connectivity index (χ2n) is 1.60. The van der Waals surface area contributed by atoms with Crippen molar-refractivity contribution in [2.45, 2.75) is 23.7 Å². The van der Waals surface area contributed by atoms with Crippen LogP contribution in [-0.4, -0.2) is 29.1 Å². The van der Waals surface area contributed by atoms with E-state index < -0.39 is 0 Å². The zero-order valence-corrected chi connectivity index (χ0v) is 9.92. The van der Waals surface area contributed by atoms with Gasteiger partial charge in [0.2, 0.25) is 0 Å². The van der Waals surface area contributed by atoms with Crippen LogP contribution >= 0.6 is 24.8 Å². The van der Waals surface area contributed by atoms with Crippen LogP contribution in [0.3, 0.4) is 0 Å². The van der Waals surface area contributed by atoms with Gasteiger partial charge in [-0.25, -0.2) is 0 Å². The SMILES string of the molecule is Cl.Cl.NCCCC[CH2][Sn]. The summed E-state index contributed by atoms with van der Waals surface area (Å²) in [6, 6.07) is 0. The summed E-state index contributed by atoms with van der Waals surface area (Å²) in [5.41, 5.74) is 5.28. The van der Waals surface area contributed by atoms with E-state index in [0.717, 1.165) is 6.54 Å². The van der Waals surface area contributed by atoms with Gasteiger partial charge in [-0.15, -0.1) is 24.8 Å². The molecule has 0 aromatic rings. The fraction of sp³-hybridized carbons (Fsp3) is 1.00. The Balaban J connectivity index is -0.000000180. The van der Waals surface area contributed by atoms with Crippen molar-refractivity contribution in [3.8, 4) is 0 Å². The van der Waals surface area contributed by atoms with Crippen molar-refractivity contribution in [3.05, 3.63) is 0 Å². The van der Waals surface area contributed by atoms with Crippen molar-refractivity contribution in [2.75, 3.05) is 6.54 Å². The molecule has 0 atom stereocenters. The predicted molar refractivity (Wildman–Crippen MR) is 48.0 cm³/mol. The molecule has 0 heterocycles. The number of unbranched alkanes of at least 4 members (excludes halogenated alkanes) is 2. The van der Waals surface area contributed by atoms with Crippen LogP contribution in [0.4, 0.5) is 0 Å². The van der Waals surface area contributed by atoms with Gasteiger partial charge >= 0.3 is 58.5 Å². The average Bonchev–Trinajstić information content (AvgIpc) is 1.69. The minimum atomic E-state index is 0. The van der Waals surface area contributed by atoms with Crippen LogP contribution in [0.1, 0.15) is 19.3 Å². The topological polar surface area (TPSA) is 26.0 Å². The molecule has 0 unspecified atom stereocenters. The van der Waals surface area contributed by atoms with Crippen molar-refractivity contribution in [2.24, 2.45) is 5.73 Å². The van der Waals surface area contributed by atoms with Crippen LogP contribution in [0.2, 0.25) is 4.44 Å². The van der Waals surface area contributed by atoms with E-state index in [1.807, 2.05) is 0 Å². The molecule has 0 rings (SSSR count). The number of rotatable bonds is 4. The Morgan fingerprint density at radius 2 is 1.56 bits per heavy atom. The van der Waals surface area contributed by atoms with Crippen molar-refractivity contribution >= 4 is 47.3 Å². The first-order valence-electron chi connectivity index (χ1n) is 2.76. The van der Waals surface area contributed by atoms with Gasteiger partial charge in [-0.05, 0) is 0 Å². The molecule has 1 nitrogen and oxygen atoms in total. The van der Waals surface area contributed by atoms with Crippen LogP contribution in [0.5, 0.6) is 0 Å². The molecule has 0 aliphatic carbocycles. The third-order valence-electron chi connectivity index (χ3n) is 0.881. The molecule has 4 heteroatoms. The molecule has 0 aromatic heterocycles. The molecular formula is C5H14Cl2NSn. The van der Waals surface area contributed by atoms with Gasteiger partial charge in [0.25, 0.3) is 0 Å². The standard InChI is InChI=1S/C5H12N.2ClH.Sn/c1-2-3-4-5-6;;;/h1-6H2;2*1H;. The van der Waals surface area contributed by atoms with Crippen LogP contribution in [0.15, 0.2) is 0 Å². The van der Waals surface area contributed by atoms with Gasteiger partial charge in [0.05, 0.1) is 0 Å². The van der Waals surface area contributed by atoms with Gasteiger partial charge in [0, 0.05) is 0 Å². The van der Waals surface area contributed by atoms with E-state index in [0.29, 0.717) is 0 Å². The van der Waals surface area contributed by atoms with E-state index in [9.17, 15) is 0 Å². The summed E-state index contributed by atoms with van der Waals surface area (Å²) in [4.78, 5) is 0. The summed E-state index contributed by atoms with van der Waals surface area (Å²) in [6.07, 6.45) is 3.94. The van der Waals surface area contributed by atoms with E-state index in [1.165, 1.54) is 23.7 Å². The molecule has 0 spiro atoms. The summed E-state index contributed by atoms with van der Waals surface area (Å²) in [7, 11) is 0. The molecule has 0 saturated carbocycles. The Labute approximate surface area is 83.1 Å². The predicted octanol–water partition coefficient (Wildman–Crippen LogP) is 1.55. The molecule has 2 N–H and O–H groups in total. The Morgan fingerprint density at radius 1 is 1.00 bits per heavy atom. The molecule has 3 radical (unpaired) electrons. The first-order chi connectivity index (χ1) is 3.41. The summed E-state index contributed by atoms with van der Waals surface area (Å²) >= 11 is 1.66. The summed E-state index contributed by atoms with van der Waals surface area (Å²) in [6.45, 7) is 0.871. The van der Waals surface area contributed by atoms with Crippen LogP contribution in [0, 0.1) is 0 Å². The molecule has 0 aromatic carbocycles. The van der Waals surface area contributed by atoms with Gasteiger partial charge < -0.3 is 0 Å². The number of nitrogens with two attached hydrogens (primary N) is 1. The average molecular weight is 278 g/mol. The molecule has 0 aliphatic rings. The zero-order valence-electron chi connectivity index (χ0n) is 5.43. The maximum absolute atomic E-state index is 5.28. The summed E-state index contributed by atoms with van der Waals surface area (Å²) < 4.78 is 1.40. The first kappa shape index (κ1) is 16.7. The number of hydrogen-bond donors (Lipinski definition) is 1. The Morgan fingerprint density at radius 3 is 1.89 bits per heavy atom. The van der Waals surface area contributed by atoms with Crippen molar-refractivity contribution in [1.82, 2.24) is 0 Å². The second-order valence-corrected chi connectivity index (χ2v) is 3.03. The maximum atomic E-state index is 5.28. The molecule has 0 saturated heterocycles. The molecule has 0 fully saturated rings. The van der Waals surface area contributed by atoms with Gasteiger partial charge in [0.15, 0.2) is 0 Å². The van der Waals surface area contributed by atoms with Gasteiger partial charge in [-0.1, -0.05) is 0 Å². The van der Waals surface area contributed by atoms with E-state index in [1.54, 1.807) is 22.5 Å². The number of hydrogen-bond acceptors (Lipinski definition) is 1. The van der Waals surface area contributed by atoms with Gasteiger partial charge in [0.1, 0.15) is 0 Å². The van der Waals surface area contributed by atoms with E-state index >= 15 is 0 Å². The van der Waals surface area contributed by atoms with Crippen LogP contribution in [-0.2, 0) is 0 Å². The molecule has 0 amide bonds. The zero-order chi connectivity index (χ0) is 5.54. The third-order valence-corrected chi connectivity index (χ3v) is 1.89. The van der Waals surface area contributed by atoms with E-state index in [-0.39, 0.29) is 24.8 Å². The Kier molecular flexibility index (Phi) is 30.1. The van der Waals surface area contributed by atoms with Crippen LogP contribution in [0.25, 0.3) is 0 Å². The fourth-order valence-electron chi connectivity index (χ4n) is 0.446. The van der Waals surface area contributed by atoms with E-state index in [4.69, 9.17) is 5.73 Å². The Hall–Kier alpha value is 1.34. The minimum absolute atomic E-state index is 0. The second kappa shape index (κ2) is 16.2. The fourth-order valence-corrected chi connectivity index (χ4v) is 1.16.